The molecule has 1 unspecified atom stereocenters. The number of nitrogens with zero attached hydrogens (tertiary/aromatic N) is 2. The molecular formula is C19H22N4O3. The second-order valence-corrected chi connectivity index (χ2v) is 5.77. The molecule has 136 valence electrons. The first-order chi connectivity index (χ1) is 12.4. The van der Waals surface area contributed by atoms with Crippen molar-refractivity contribution in [2.24, 2.45) is 0 Å². The van der Waals surface area contributed by atoms with Crippen LogP contribution in [0.3, 0.4) is 0 Å². The third-order valence-electron chi connectivity index (χ3n) is 4.03. The number of carbonyl (C=O) groups excluding carboxylic acids is 1. The Bertz CT molecular complexity index is 942. The summed E-state index contributed by atoms with van der Waals surface area (Å²) in [5, 5.41) is 2.58. The maximum absolute atomic E-state index is 12.6. The topological polar surface area (TPSA) is 99.1 Å². The van der Waals surface area contributed by atoms with Crippen molar-refractivity contribution in [3.05, 3.63) is 82.0 Å². The van der Waals surface area contributed by atoms with Crippen molar-refractivity contribution in [1.82, 2.24) is 9.13 Å². The largest absolute Gasteiger partial charge is 0.383 e. The minimum atomic E-state index is -0.665. The molecule has 0 saturated carbocycles. The van der Waals surface area contributed by atoms with Crippen LogP contribution in [-0.4, -0.2) is 15.0 Å². The van der Waals surface area contributed by atoms with E-state index in [4.69, 9.17) is 5.73 Å². The number of aromatic nitrogens is 2. The highest BCUT2D eigenvalue weighted by molar-refractivity contribution is 5.97. The molecule has 2 aromatic rings. The molecule has 1 heterocycles. The summed E-state index contributed by atoms with van der Waals surface area (Å²) in [5.41, 5.74) is 5.41. The van der Waals surface area contributed by atoms with Crippen LogP contribution in [0.2, 0.25) is 0 Å². The van der Waals surface area contributed by atoms with Crippen LogP contribution in [0.1, 0.15) is 18.4 Å². The quantitative estimate of drug-likeness (QED) is 0.739. The van der Waals surface area contributed by atoms with E-state index in [0.29, 0.717) is 0 Å². The van der Waals surface area contributed by atoms with Gasteiger partial charge in [-0.2, -0.15) is 0 Å². The molecule has 0 radical (unpaired) electrons. The molecule has 0 aliphatic rings. The van der Waals surface area contributed by atoms with Gasteiger partial charge in [0, 0.05) is 13.1 Å². The average Bonchev–Trinajstić information content (AvgIpc) is 2.65. The van der Waals surface area contributed by atoms with Crippen molar-refractivity contribution in [3.8, 4) is 0 Å². The predicted octanol–water partition coefficient (Wildman–Crippen LogP) is 1.71. The van der Waals surface area contributed by atoms with Crippen LogP contribution in [0.4, 0.5) is 11.5 Å². The van der Waals surface area contributed by atoms with E-state index in [1.165, 1.54) is 16.7 Å². The summed E-state index contributed by atoms with van der Waals surface area (Å²) in [6.07, 6.45) is 2.91. The average molecular weight is 354 g/mol. The van der Waals surface area contributed by atoms with Crippen molar-refractivity contribution in [1.29, 1.82) is 0 Å². The standard InChI is InChI=1S/C19H22N4O3/c1-4-11-22-16(20)15(18(25)23(12-5-2)19(22)26)21-17(24)13(3)14-9-7-6-8-10-14/h4-10,13H,1-2,11-12,20H2,3H3,(H,21,24). The van der Waals surface area contributed by atoms with Crippen LogP contribution in [0, 0.1) is 0 Å². The lowest BCUT2D eigenvalue weighted by Crippen LogP contribution is -2.42. The van der Waals surface area contributed by atoms with E-state index in [1.807, 2.05) is 30.3 Å². The van der Waals surface area contributed by atoms with E-state index in [1.54, 1.807) is 6.92 Å². The SMILES string of the molecule is C=CCn1c(N)c(NC(=O)C(C)c2ccccc2)c(=O)n(CC=C)c1=O. The van der Waals surface area contributed by atoms with Crippen LogP contribution >= 0.6 is 0 Å². The minimum Gasteiger partial charge on any atom is -0.383 e. The van der Waals surface area contributed by atoms with Crippen molar-refractivity contribution >= 4 is 17.4 Å². The molecule has 0 fully saturated rings. The van der Waals surface area contributed by atoms with Crippen LogP contribution in [-0.2, 0) is 17.9 Å². The number of hydrogen-bond donors (Lipinski definition) is 2. The zero-order chi connectivity index (χ0) is 19.3. The monoisotopic (exact) mass is 354 g/mol. The first kappa shape index (κ1) is 19.0. The Hall–Kier alpha value is -3.35. The van der Waals surface area contributed by atoms with Crippen LogP contribution in [0.15, 0.2) is 65.2 Å². The van der Waals surface area contributed by atoms with Crippen molar-refractivity contribution in [2.75, 3.05) is 11.1 Å². The summed E-state index contributed by atoms with van der Waals surface area (Å²) in [6, 6.07) is 9.15. The highest BCUT2D eigenvalue weighted by Gasteiger charge is 2.21. The lowest BCUT2D eigenvalue weighted by atomic mass is 10.0. The Morgan fingerprint density at radius 3 is 2.31 bits per heavy atom. The third-order valence-corrected chi connectivity index (χ3v) is 4.03. The number of hydrogen-bond acceptors (Lipinski definition) is 4. The van der Waals surface area contributed by atoms with Crippen LogP contribution in [0.25, 0.3) is 0 Å². The van der Waals surface area contributed by atoms with Gasteiger partial charge < -0.3 is 11.1 Å². The number of anilines is 2. The van der Waals surface area contributed by atoms with E-state index in [-0.39, 0.29) is 24.6 Å². The number of nitrogen functional groups attached to an aromatic ring is 1. The van der Waals surface area contributed by atoms with Gasteiger partial charge in [-0.15, -0.1) is 13.2 Å². The van der Waals surface area contributed by atoms with E-state index in [9.17, 15) is 14.4 Å². The lowest BCUT2D eigenvalue weighted by molar-refractivity contribution is -0.117. The summed E-state index contributed by atoms with van der Waals surface area (Å²) in [4.78, 5) is 37.7. The Morgan fingerprint density at radius 1 is 1.15 bits per heavy atom. The minimum absolute atomic E-state index is 0.00615. The van der Waals surface area contributed by atoms with Gasteiger partial charge in [0.15, 0.2) is 0 Å². The summed E-state index contributed by atoms with van der Waals surface area (Å²) in [6.45, 7) is 8.97. The molecule has 1 amide bonds. The van der Waals surface area contributed by atoms with E-state index >= 15 is 0 Å². The fourth-order valence-corrected chi connectivity index (χ4v) is 2.55. The first-order valence-electron chi connectivity index (χ1n) is 8.13. The van der Waals surface area contributed by atoms with Crippen molar-refractivity contribution < 1.29 is 4.79 Å². The van der Waals surface area contributed by atoms with E-state index < -0.39 is 23.1 Å². The Balaban J connectivity index is 2.50. The van der Waals surface area contributed by atoms with Gasteiger partial charge in [-0.1, -0.05) is 42.5 Å². The van der Waals surface area contributed by atoms with Gasteiger partial charge in [0.2, 0.25) is 5.91 Å². The highest BCUT2D eigenvalue weighted by atomic mass is 16.2. The predicted molar refractivity (Wildman–Crippen MR) is 103 cm³/mol. The molecule has 1 aromatic heterocycles. The van der Waals surface area contributed by atoms with Crippen LogP contribution in [0.5, 0.6) is 0 Å². The zero-order valence-corrected chi connectivity index (χ0v) is 14.6. The molecule has 2 rings (SSSR count). The Labute approximate surface area is 151 Å². The number of nitrogens with one attached hydrogen (secondary N) is 1. The van der Waals surface area contributed by atoms with Crippen molar-refractivity contribution in [2.45, 2.75) is 25.9 Å². The van der Waals surface area contributed by atoms with Crippen molar-refractivity contribution in [3.63, 3.8) is 0 Å². The molecule has 7 nitrogen and oxygen atoms in total. The molecule has 0 aliphatic carbocycles. The molecule has 0 bridgehead atoms. The van der Waals surface area contributed by atoms with Gasteiger partial charge in [-0.05, 0) is 12.5 Å². The van der Waals surface area contributed by atoms with Gasteiger partial charge in [0.05, 0.1) is 5.92 Å². The smallest absolute Gasteiger partial charge is 0.333 e. The second kappa shape index (κ2) is 8.15. The molecular weight excluding hydrogens is 332 g/mol. The van der Waals surface area contributed by atoms with Gasteiger partial charge in [-0.25, -0.2) is 4.79 Å². The summed E-state index contributed by atoms with van der Waals surface area (Å²) < 4.78 is 2.15. The molecule has 7 heteroatoms. The zero-order valence-electron chi connectivity index (χ0n) is 14.6. The van der Waals surface area contributed by atoms with Crippen LogP contribution < -0.4 is 22.3 Å². The first-order valence-corrected chi connectivity index (χ1v) is 8.13. The summed E-state index contributed by atoms with van der Waals surface area (Å²) in [5.74, 6) is -0.995. The fourth-order valence-electron chi connectivity index (χ4n) is 2.55. The maximum atomic E-state index is 12.6. The molecule has 0 aliphatic heterocycles. The number of carbonyl (C=O) groups is 1. The summed E-state index contributed by atoms with van der Waals surface area (Å²) >= 11 is 0. The maximum Gasteiger partial charge on any atom is 0.333 e. The third kappa shape index (κ3) is 3.66. The molecule has 0 spiro atoms. The Kier molecular flexibility index (Phi) is 5.95. The normalized spacial score (nSPS) is 11.6. The number of nitrogens with two attached hydrogens (primary N) is 1. The fraction of sp³-hybridized carbons (Fsp3) is 0.211. The molecule has 1 atom stereocenters. The summed E-state index contributed by atoms with van der Waals surface area (Å²) in [7, 11) is 0. The van der Waals surface area contributed by atoms with Gasteiger partial charge in [-0.3, -0.25) is 18.7 Å². The number of benzene rings is 1. The molecule has 26 heavy (non-hydrogen) atoms. The highest BCUT2D eigenvalue weighted by Crippen LogP contribution is 2.18. The van der Waals surface area contributed by atoms with E-state index in [2.05, 4.69) is 18.5 Å². The number of amides is 1. The number of allylic oxidation sites excluding steroid dienone is 2. The van der Waals surface area contributed by atoms with E-state index in [0.717, 1.165) is 10.1 Å². The van der Waals surface area contributed by atoms with Gasteiger partial charge in [0.1, 0.15) is 11.5 Å². The molecule has 1 aromatic carbocycles. The number of rotatable bonds is 7. The lowest BCUT2D eigenvalue weighted by Gasteiger charge is -2.17. The Morgan fingerprint density at radius 2 is 1.73 bits per heavy atom. The molecule has 0 saturated heterocycles. The second-order valence-electron chi connectivity index (χ2n) is 5.77. The molecule has 3 N–H and O–H groups in total. The van der Waals surface area contributed by atoms with Gasteiger partial charge >= 0.3 is 5.69 Å². The van der Waals surface area contributed by atoms with Gasteiger partial charge in [0.25, 0.3) is 5.56 Å².